The third-order valence-electron chi connectivity index (χ3n) is 3.90. The van der Waals surface area contributed by atoms with E-state index in [2.05, 4.69) is 13.8 Å². The minimum absolute atomic E-state index is 0.0469. The van der Waals surface area contributed by atoms with Gasteiger partial charge in [0.05, 0.1) is 5.56 Å². The van der Waals surface area contributed by atoms with Gasteiger partial charge in [-0.1, -0.05) is 45.0 Å². The lowest BCUT2D eigenvalue weighted by Gasteiger charge is -2.11. The fourth-order valence-electron chi connectivity index (χ4n) is 2.62. The second-order valence-corrected chi connectivity index (χ2v) is 6.66. The summed E-state index contributed by atoms with van der Waals surface area (Å²) in [5.41, 5.74) is 1.49. The summed E-state index contributed by atoms with van der Waals surface area (Å²) in [6.07, 6.45) is 1.72. The van der Waals surface area contributed by atoms with Crippen molar-refractivity contribution in [2.75, 3.05) is 0 Å². The highest BCUT2D eigenvalue weighted by Gasteiger charge is 2.20. The van der Waals surface area contributed by atoms with Crippen LogP contribution in [0.1, 0.15) is 55.1 Å². The zero-order valence-electron chi connectivity index (χ0n) is 15.3. The van der Waals surface area contributed by atoms with Gasteiger partial charge in [-0.05, 0) is 36.5 Å². The summed E-state index contributed by atoms with van der Waals surface area (Å²) in [6.45, 7) is 6.07. The number of phenolic OH excluding ortho intramolecular Hbond substituents is 2. The number of hydrogen-bond donors (Lipinski definition) is 2. The van der Waals surface area contributed by atoms with Crippen LogP contribution >= 0.6 is 0 Å². The zero-order valence-corrected chi connectivity index (χ0v) is 15.3. The number of benzene rings is 2. The van der Waals surface area contributed by atoms with Crippen molar-refractivity contribution >= 4 is 11.8 Å². The van der Waals surface area contributed by atoms with Crippen LogP contribution in [0.15, 0.2) is 36.4 Å². The standard InChI is InChI=1S/C21H24O5/c1-4-5-18(22)26-17-11-10-16(20(24)21(17)25)19(23)15-8-6-14(7-9-15)12-13(2)3/h6-11,13,24-25H,4-5,12H2,1-3H3. The van der Waals surface area contributed by atoms with Crippen LogP contribution in [0.3, 0.4) is 0 Å². The van der Waals surface area contributed by atoms with Gasteiger partial charge in [0, 0.05) is 12.0 Å². The summed E-state index contributed by atoms with van der Waals surface area (Å²) in [7, 11) is 0. The minimum atomic E-state index is -0.614. The van der Waals surface area contributed by atoms with Crippen molar-refractivity contribution in [2.45, 2.75) is 40.0 Å². The summed E-state index contributed by atoms with van der Waals surface area (Å²) < 4.78 is 5.00. The van der Waals surface area contributed by atoms with Crippen LogP contribution in [-0.2, 0) is 11.2 Å². The highest BCUT2D eigenvalue weighted by molar-refractivity contribution is 6.11. The molecule has 2 rings (SSSR count). The summed E-state index contributed by atoms with van der Waals surface area (Å²) in [5.74, 6) is -1.78. The number of esters is 1. The van der Waals surface area contributed by atoms with Crippen molar-refractivity contribution in [1.82, 2.24) is 0 Å². The molecule has 0 aliphatic carbocycles. The lowest BCUT2D eigenvalue weighted by molar-refractivity contribution is -0.134. The third kappa shape index (κ3) is 4.63. The molecule has 0 fully saturated rings. The van der Waals surface area contributed by atoms with Gasteiger partial charge in [0.25, 0.3) is 0 Å². The molecule has 0 aliphatic heterocycles. The summed E-state index contributed by atoms with van der Waals surface area (Å²) in [6, 6.07) is 9.81. The van der Waals surface area contributed by atoms with E-state index >= 15 is 0 Å². The molecular weight excluding hydrogens is 332 g/mol. The first-order valence-electron chi connectivity index (χ1n) is 8.72. The first kappa shape index (κ1) is 19.5. The first-order chi connectivity index (χ1) is 12.3. The Morgan fingerprint density at radius 3 is 2.23 bits per heavy atom. The van der Waals surface area contributed by atoms with Crippen LogP contribution in [-0.4, -0.2) is 22.0 Å². The smallest absolute Gasteiger partial charge is 0.311 e. The fraction of sp³-hybridized carbons (Fsp3) is 0.333. The van der Waals surface area contributed by atoms with Crippen LogP contribution in [0.5, 0.6) is 17.2 Å². The summed E-state index contributed by atoms with van der Waals surface area (Å²) >= 11 is 0. The lowest BCUT2D eigenvalue weighted by Crippen LogP contribution is -2.08. The molecular formula is C21H24O5. The number of carbonyl (C=O) groups excluding carboxylic acids is 2. The van der Waals surface area contributed by atoms with E-state index < -0.39 is 23.3 Å². The molecule has 0 atom stereocenters. The molecule has 0 saturated carbocycles. The van der Waals surface area contributed by atoms with E-state index in [4.69, 9.17) is 4.74 Å². The molecule has 2 aromatic carbocycles. The molecule has 138 valence electrons. The van der Waals surface area contributed by atoms with Crippen molar-refractivity contribution in [3.8, 4) is 17.2 Å². The highest BCUT2D eigenvalue weighted by atomic mass is 16.5. The van der Waals surface area contributed by atoms with E-state index in [-0.39, 0.29) is 17.7 Å². The molecule has 0 saturated heterocycles. The van der Waals surface area contributed by atoms with Gasteiger partial charge in [-0.15, -0.1) is 0 Å². The molecule has 5 heteroatoms. The van der Waals surface area contributed by atoms with Crippen molar-refractivity contribution < 1.29 is 24.5 Å². The first-order valence-corrected chi connectivity index (χ1v) is 8.72. The minimum Gasteiger partial charge on any atom is -0.504 e. The Morgan fingerprint density at radius 1 is 1.00 bits per heavy atom. The van der Waals surface area contributed by atoms with Gasteiger partial charge >= 0.3 is 5.97 Å². The Balaban J connectivity index is 2.24. The van der Waals surface area contributed by atoms with Crippen LogP contribution < -0.4 is 4.74 Å². The molecule has 0 amide bonds. The number of ketones is 1. The van der Waals surface area contributed by atoms with Gasteiger partial charge in [0.1, 0.15) is 0 Å². The van der Waals surface area contributed by atoms with E-state index in [1.54, 1.807) is 12.1 Å². The molecule has 0 unspecified atom stereocenters. The molecule has 0 aromatic heterocycles. The zero-order chi connectivity index (χ0) is 19.3. The van der Waals surface area contributed by atoms with Crippen LogP contribution in [0.25, 0.3) is 0 Å². The highest BCUT2D eigenvalue weighted by Crippen LogP contribution is 2.39. The van der Waals surface area contributed by atoms with Crippen molar-refractivity contribution in [1.29, 1.82) is 0 Å². The van der Waals surface area contributed by atoms with Gasteiger partial charge in [-0.2, -0.15) is 0 Å². The molecule has 0 radical (unpaired) electrons. The number of hydrogen-bond acceptors (Lipinski definition) is 5. The quantitative estimate of drug-likeness (QED) is 0.336. The molecule has 2 N–H and O–H groups in total. The number of phenols is 2. The van der Waals surface area contributed by atoms with Gasteiger partial charge < -0.3 is 14.9 Å². The average molecular weight is 356 g/mol. The monoisotopic (exact) mass is 356 g/mol. The predicted octanol–water partition coefficient (Wildman–Crippen LogP) is 4.23. The SMILES string of the molecule is CCCC(=O)Oc1ccc(C(=O)c2ccc(CC(C)C)cc2)c(O)c1O. The molecule has 0 heterocycles. The van der Waals surface area contributed by atoms with Crippen molar-refractivity contribution in [2.24, 2.45) is 5.92 Å². The molecule has 26 heavy (non-hydrogen) atoms. The maximum atomic E-state index is 12.6. The van der Waals surface area contributed by atoms with Crippen molar-refractivity contribution in [3.05, 3.63) is 53.1 Å². The maximum Gasteiger partial charge on any atom is 0.311 e. The normalized spacial score (nSPS) is 10.8. The number of ether oxygens (including phenoxy) is 1. The molecule has 0 bridgehead atoms. The Labute approximate surface area is 153 Å². The number of aromatic hydroxyl groups is 2. The fourth-order valence-corrected chi connectivity index (χ4v) is 2.62. The molecule has 0 spiro atoms. The summed E-state index contributed by atoms with van der Waals surface area (Å²) in [4.78, 5) is 24.2. The second kappa shape index (κ2) is 8.52. The lowest BCUT2D eigenvalue weighted by atomic mass is 9.98. The molecule has 5 nitrogen and oxygen atoms in total. The van der Waals surface area contributed by atoms with Crippen LogP contribution in [0.2, 0.25) is 0 Å². The Kier molecular flexibility index (Phi) is 6.39. The van der Waals surface area contributed by atoms with E-state index in [1.165, 1.54) is 12.1 Å². The Morgan fingerprint density at radius 2 is 1.65 bits per heavy atom. The van der Waals surface area contributed by atoms with Gasteiger partial charge in [0.15, 0.2) is 17.3 Å². The Bertz CT molecular complexity index is 791. The summed E-state index contributed by atoms with van der Waals surface area (Å²) in [5, 5.41) is 20.2. The Hall–Kier alpha value is -2.82. The molecule has 2 aromatic rings. The average Bonchev–Trinajstić information content (AvgIpc) is 2.59. The van der Waals surface area contributed by atoms with E-state index in [1.807, 2.05) is 19.1 Å². The van der Waals surface area contributed by atoms with E-state index in [0.29, 0.717) is 17.9 Å². The predicted molar refractivity (Wildman–Crippen MR) is 98.7 cm³/mol. The van der Waals surface area contributed by atoms with E-state index in [0.717, 1.165) is 12.0 Å². The van der Waals surface area contributed by atoms with Gasteiger partial charge in [-0.25, -0.2) is 0 Å². The third-order valence-corrected chi connectivity index (χ3v) is 3.90. The second-order valence-electron chi connectivity index (χ2n) is 6.66. The van der Waals surface area contributed by atoms with Gasteiger partial charge in [-0.3, -0.25) is 9.59 Å². The van der Waals surface area contributed by atoms with Gasteiger partial charge in [0.2, 0.25) is 5.75 Å². The van der Waals surface area contributed by atoms with E-state index in [9.17, 15) is 19.8 Å². The van der Waals surface area contributed by atoms with Crippen molar-refractivity contribution in [3.63, 3.8) is 0 Å². The van der Waals surface area contributed by atoms with Crippen LogP contribution in [0, 0.1) is 5.92 Å². The topological polar surface area (TPSA) is 83.8 Å². The number of carbonyl (C=O) groups is 2. The van der Waals surface area contributed by atoms with Crippen LogP contribution in [0.4, 0.5) is 0 Å². The maximum absolute atomic E-state index is 12.6. The molecule has 0 aliphatic rings. The number of rotatable bonds is 7. The largest absolute Gasteiger partial charge is 0.504 e.